The van der Waals surface area contributed by atoms with Gasteiger partial charge in [0.1, 0.15) is 0 Å². The van der Waals surface area contributed by atoms with Gasteiger partial charge in [-0.25, -0.2) is 0 Å². The molecule has 1 N–H and O–H groups in total. The Labute approximate surface area is 120 Å². The Morgan fingerprint density at radius 3 is 2.30 bits per heavy atom. The van der Waals surface area contributed by atoms with Gasteiger partial charge in [0.2, 0.25) is 5.91 Å². The molecule has 1 amide bonds. The zero-order chi connectivity index (χ0) is 14.3. The smallest absolute Gasteiger partial charge is 0.224 e. The number of rotatable bonds is 3. The van der Waals surface area contributed by atoms with Crippen molar-refractivity contribution in [1.29, 1.82) is 0 Å². The highest BCUT2D eigenvalue weighted by atomic mass is 16.4. The van der Waals surface area contributed by atoms with Crippen LogP contribution in [0.1, 0.15) is 51.9 Å². The molecule has 0 aliphatic heterocycles. The molecule has 0 radical (unpaired) electrons. The van der Waals surface area contributed by atoms with Gasteiger partial charge in [0.05, 0.1) is 0 Å². The van der Waals surface area contributed by atoms with Gasteiger partial charge in [-0.05, 0) is 49.9 Å². The van der Waals surface area contributed by atoms with Crippen LogP contribution in [-0.4, -0.2) is 17.9 Å². The van der Waals surface area contributed by atoms with E-state index in [1.807, 2.05) is 0 Å². The van der Waals surface area contributed by atoms with Crippen molar-refractivity contribution in [2.24, 2.45) is 29.6 Å². The molecule has 2 bridgehead atoms. The Morgan fingerprint density at radius 1 is 1.00 bits per heavy atom. The maximum absolute atomic E-state index is 12.6. The first-order valence-corrected chi connectivity index (χ1v) is 8.09. The molecule has 3 rings (SSSR count). The number of carbonyl (C=O) groups excluding carboxylic acids is 2. The van der Waals surface area contributed by atoms with Crippen molar-refractivity contribution < 1.29 is 14.7 Å². The number of aliphatic carboxylic acids is 1. The number of fused-ring (bicyclic) bond motifs is 2. The topological polar surface area (TPSA) is 69.2 Å². The predicted molar refractivity (Wildman–Crippen MR) is 72.4 cm³/mol. The van der Waals surface area contributed by atoms with Crippen LogP contribution in [0.3, 0.4) is 0 Å². The zero-order valence-corrected chi connectivity index (χ0v) is 12.1. The van der Waals surface area contributed by atoms with E-state index >= 15 is 0 Å². The van der Waals surface area contributed by atoms with E-state index in [4.69, 9.17) is 0 Å². The van der Waals surface area contributed by atoms with E-state index in [0.717, 1.165) is 38.5 Å². The van der Waals surface area contributed by atoms with Crippen molar-refractivity contribution in [1.82, 2.24) is 5.32 Å². The lowest BCUT2D eigenvalue weighted by Gasteiger charge is -2.35. The van der Waals surface area contributed by atoms with Crippen LogP contribution in [0.5, 0.6) is 0 Å². The van der Waals surface area contributed by atoms with Gasteiger partial charge in [0.25, 0.3) is 0 Å². The minimum Gasteiger partial charge on any atom is -0.550 e. The van der Waals surface area contributed by atoms with Crippen LogP contribution in [0.2, 0.25) is 0 Å². The Kier molecular flexibility index (Phi) is 3.74. The summed E-state index contributed by atoms with van der Waals surface area (Å²) in [5, 5.41) is 14.5. The minimum absolute atomic E-state index is 0.0230. The summed E-state index contributed by atoms with van der Waals surface area (Å²) >= 11 is 0. The maximum Gasteiger partial charge on any atom is 0.224 e. The Morgan fingerprint density at radius 2 is 1.65 bits per heavy atom. The average molecular weight is 278 g/mol. The molecule has 4 nitrogen and oxygen atoms in total. The molecule has 0 unspecified atom stereocenters. The summed E-state index contributed by atoms with van der Waals surface area (Å²) in [5.41, 5.74) is 0. The second-order valence-corrected chi connectivity index (χ2v) is 7.08. The third-order valence-corrected chi connectivity index (χ3v) is 5.93. The lowest BCUT2D eigenvalue weighted by atomic mass is 9.78. The van der Waals surface area contributed by atoms with Gasteiger partial charge in [-0.15, -0.1) is 0 Å². The molecule has 20 heavy (non-hydrogen) atoms. The van der Waals surface area contributed by atoms with E-state index in [2.05, 4.69) is 12.2 Å². The highest BCUT2D eigenvalue weighted by molar-refractivity contribution is 5.85. The first-order chi connectivity index (χ1) is 9.58. The van der Waals surface area contributed by atoms with E-state index in [0.29, 0.717) is 5.92 Å². The molecule has 3 fully saturated rings. The molecule has 0 heterocycles. The summed E-state index contributed by atoms with van der Waals surface area (Å²) in [4.78, 5) is 23.9. The van der Waals surface area contributed by atoms with Gasteiger partial charge in [-0.1, -0.05) is 19.8 Å². The van der Waals surface area contributed by atoms with Gasteiger partial charge in [0.15, 0.2) is 0 Å². The summed E-state index contributed by atoms with van der Waals surface area (Å²) in [5.74, 6) is -0.987. The van der Waals surface area contributed by atoms with Gasteiger partial charge >= 0.3 is 0 Å². The molecule has 0 saturated heterocycles. The summed E-state index contributed by atoms with van der Waals surface area (Å²) in [7, 11) is 0. The molecule has 112 valence electrons. The van der Waals surface area contributed by atoms with Crippen LogP contribution < -0.4 is 10.4 Å². The third kappa shape index (κ3) is 2.33. The SMILES string of the molecule is C[C@@H]1CCCC[C@@H]1NC(=O)[C@@H]1[C@@H]2CC[C@@H](C2)[C@@H]1C(=O)[O-]. The van der Waals surface area contributed by atoms with Gasteiger partial charge in [-0.3, -0.25) is 4.79 Å². The number of carboxylic acid groups (broad SMARTS) is 1. The molecule has 3 aliphatic rings. The molecule has 0 aromatic carbocycles. The second-order valence-electron chi connectivity index (χ2n) is 7.08. The standard InChI is InChI=1S/C16H25NO3/c1-9-4-2-3-5-12(9)17-15(18)13-10-6-7-11(8-10)14(13)16(19)20/h9-14H,2-8H2,1H3,(H,17,18)(H,19,20)/p-1/t9-,10-,11+,12+,13-,14+/m1/s1. The van der Waals surface area contributed by atoms with E-state index < -0.39 is 11.9 Å². The first kappa shape index (κ1) is 13.9. The normalized spacial score (nSPS) is 43.5. The fourth-order valence-electron chi connectivity index (χ4n) is 4.82. The zero-order valence-electron chi connectivity index (χ0n) is 12.1. The molecule has 0 aromatic heterocycles. The molecule has 0 aromatic rings. The van der Waals surface area contributed by atoms with E-state index in [1.54, 1.807) is 0 Å². The summed E-state index contributed by atoms with van der Waals surface area (Å²) in [6, 6.07) is 0.234. The van der Waals surface area contributed by atoms with Crippen molar-refractivity contribution in [3.05, 3.63) is 0 Å². The van der Waals surface area contributed by atoms with Crippen LogP contribution in [0.4, 0.5) is 0 Å². The molecular weight excluding hydrogens is 254 g/mol. The monoisotopic (exact) mass is 278 g/mol. The van der Waals surface area contributed by atoms with Crippen LogP contribution in [0.15, 0.2) is 0 Å². The van der Waals surface area contributed by atoms with Crippen LogP contribution in [0, 0.1) is 29.6 Å². The maximum atomic E-state index is 12.6. The van der Waals surface area contributed by atoms with Crippen LogP contribution in [0.25, 0.3) is 0 Å². The third-order valence-electron chi connectivity index (χ3n) is 5.93. The fraction of sp³-hybridized carbons (Fsp3) is 0.875. The lowest BCUT2D eigenvalue weighted by Crippen LogP contribution is -2.50. The van der Waals surface area contributed by atoms with E-state index in [9.17, 15) is 14.7 Å². The quantitative estimate of drug-likeness (QED) is 0.840. The van der Waals surface area contributed by atoms with Crippen molar-refractivity contribution in [2.75, 3.05) is 0 Å². The van der Waals surface area contributed by atoms with Gasteiger partial charge in [0, 0.05) is 23.8 Å². The number of carbonyl (C=O) groups is 2. The average Bonchev–Trinajstić information content (AvgIpc) is 3.01. The van der Waals surface area contributed by atoms with Crippen molar-refractivity contribution >= 4 is 11.9 Å². The molecular formula is C16H24NO3-. The van der Waals surface area contributed by atoms with Gasteiger partial charge < -0.3 is 15.2 Å². The fourth-order valence-corrected chi connectivity index (χ4v) is 4.82. The Balaban J connectivity index is 1.68. The van der Waals surface area contributed by atoms with E-state index in [1.165, 1.54) is 6.42 Å². The van der Waals surface area contributed by atoms with Crippen LogP contribution >= 0.6 is 0 Å². The van der Waals surface area contributed by atoms with Crippen molar-refractivity contribution in [3.63, 3.8) is 0 Å². The molecule has 6 atom stereocenters. The number of nitrogens with one attached hydrogen (secondary N) is 1. The largest absolute Gasteiger partial charge is 0.550 e. The lowest BCUT2D eigenvalue weighted by molar-refractivity contribution is -0.314. The second kappa shape index (κ2) is 5.38. The molecule has 0 spiro atoms. The Hall–Kier alpha value is -1.06. The van der Waals surface area contributed by atoms with Crippen LogP contribution in [-0.2, 0) is 9.59 Å². The minimum atomic E-state index is -1.02. The van der Waals surface area contributed by atoms with Gasteiger partial charge in [-0.2, -0.15) is 0 Å². The highest BCUT2D eigenvalue weighted by Crippen LogP contribution is 2.52. The number of hydrogen-bond acceptors (Lipinski definition) is 3. The summed E-state index contributed by atoms with van der Waals surface area (Å²) in [6.45, 7) is 2.18. The predicted octanol–water partition coefficient (Wildman–Crippen LogP) is 1.09. The highest BCUT2D eigenvalue weighted by Gasteiger charge is 2.51. The number of amides is 1. The first-order valence-electron chi connectivity index (χ1n) is 8.09. The number of hydrogen-bond donors (Lipinski definition) is 1. The van der Waals surface area contributed by atoms with Crippen molar-refractivity contribution in [2.45, 2.75) is 57.9 Å². The summed E-state index contributed by atoms with van der Waals surface area (Å²) in [6.07, 6.45) is 7.45. The molecule has 4 heteroatoms. The van der Waals surface area contributed by atoms with E-state index in [-0.39, 0.29) is 29.7 Å². The summed E-state index contributed by atoms with van der Waals surface area (Å²) < 4.78 is 0. The number of carboxylic acids is 1. The Bertz CT molecular complexity index is 409. The van der Waals surface area contributed by atoms with Crippen molar-refractivity contribution in [3.8, 4) is 0 Å². The molecule has 3 aliphatic carbocycles. The molecule has 3 saturated carbocycles.